The number of nitrogens with zero attached hydrogens (tertiary/aromatic N) is 2. The number of hydrogen-bond acceptors (Lipinski definition) is 4. The monoisotopic (exact) mass is 417 g/mol. The van der Waals surface area contributed by atoms with Crippen LogP contribution < -0.4 is 15.5 Å². The van der Waals surface area contributed by atoms with Crippen LogP contribution in [0.25, 0.3) is 22.3 Å². The van der Waals surface area contributed by atoms with E-state index in [-0.39, 0.29) is 0 Å². The molecule has 148 valence electrons. The van der Waals surface area contributed by atoms with Crippen LogP contribution in [0, 0.1) is 0 Å². The Bertz CT molecular complexity index is 930. The molecule has 0 aliphatic carbocycles. The van der Waals surface area contributed by atoms with E-state index >= 15 is 0 Å². The third kappa shape index (κ3) is 4.13. The van der Waals surface area contributed by atoms with Crippen LogP contribution in [0.4, 0.5) is 5.69 Å². The molecule has 28 heavy (non-hydrogen) atoms. The molecule has 0 saturated carbocycles. The number of piperidine rings is 1. The molecular weight excluding hydrogens is 393 g/mol. The number of likely N-dealkylation sites (N-methyl/N-ethyl adjacent to an activating group) is 1. The summed E-state index contributed by atoms with van der Waals surface area (Å²) in [6.45, 7) is 4.22. The second kappa shape index (κ2) is 8.70. The largest absolute Gasteiger partial charge is 0.371 e. The first-order chi connectivity index (χ1) is 13.7. The van der Waals surface area contributed by atoms with Crippen molar-refractivity contribution < 1.29 is 0 Å². The predicted molar refractivity (Wildman–Crippen MR) is 119 cm³/mol. The first kappa shape index (κ1) is 19.5. The van der Waals surface area contributed by atoms with Crippen molar-refractivity contribution in [1.82, 2.24) is 20.6 Å². The quantitative estimate of drug-likeness (QED) is 0.522. The van der Waals surface area contributed by atoms with Gasteiger partial charge in [-0.25, -0.2) is 4.98 Å². The summed E-state index contributed by atoms with van der Waals surface area (Å²) >= 11 is 12.4. The Morgan fingerprint density at radius 3 is 2.61 bits per heavy atom. The van der Waals surface area contributed by atoms with Crippen LogP contribution in [-0.2, 0) is 0 Å². The van der Waals surface area contributed by atoms with E-state index < -0.39 is 0 Å². The van der Waals surface area contributed by atoms with Gasteiger partial charge in [-0.3, -0.25) is 0 Å². The van der Waals surface area contributed by atoms with E-state index in [4.69, 9.17) is 23.2 Å². The van der Waals surface area contributed by atoms with Crippen LogP contribution in [0.2, 0.25) is 10.0 Å². The van der Waals surface area contributed by atoms with E-state index in [1.165, 1.54) is 18.5 Å². The summed E-state index contributed by atoms with van der Waals surface area (Å²) in [7, 11) is 1.99. The maximum Gasteiger partial charge on any atom is 0.139 e. The lowest BCUT2D eigenvalue weighted by Gasteiger charge is -2.34. The summed E-state index contributed by atoms with van der Waals surface area (Å²) in [6.07, 6.45) is 3.93. The highest BCUT2D eigenvalue weighted by Crippen LogP contribution is 2.33. The van der Waals surface area contributed by atoms with Crippen molar-refractivity contribution in [3.63, 3.8) is 0 Å². The number of fused-ring (bicyclic) bond motifs is 1. The lowest BCUT2D eigenvalue weighted by molar-refractivity contribution is 0.415. The van der Waals surface area contributed by atoms with Crippen molar-refractivity contribution in [3.05, 3.63) is 46.6 Å². The molecule has 1 aliphatic rings. The van der Waals surface area contributed by atoms with Crippen molar-refractivity contribution >= 4 is 39.9 Å². The van der Waals surface area contributed by atoms with Gasteiger partial charge in [0.05, 0.1) is 10.0 Å². The van der Waals surface area contributed by atoms with Gasteiger partial charge in [0.1, 0.15) is 5.65 Å². The van der Waals surface area contributed by atoms with Crippen LogP contribution in [-0.4, -0.2) is 49.2 Å². The predicted octanol–water partition coefficient (Wildman–Crippen LogP) is 4.31. The molecule has 0 atom stereocenters. The highest BCUT2D eigenvalue weighted by atomic mass is 35.5. The van der Waals surface area contributed by atoms with Gasteiger partial charge in [-0.05, 0) is 43.7 Å². The summed E-state index contributed by atoms with van der Waals surface area (Å²) in [5, 5.41) is 8.67. The number of nitrogens with one attached hydrogen (secondary N) is 3. The fraction of sp³-hybridized carbons (Fsp3) is 0.381. The van der Waals surface area contributed by atoms with Gasteiger partial charge in [-0.2, -0.15) is 0 Å². The summed E-state index contributed by atoms with van der Waals surface area (Å²) in [5.41, 5.74) is 4.12. The Labute approximate surface area is 175 Å². The van der Waals surface area contributed by atoms with Gasteiger partial charge in [-0.15, -0.1) is 0 Å². The lowest BCUT2D eigenvalue weighted by atomic mass is 10.0. The summed E-state index contributed by atoms with van der Waals surface area (Å²) in [5.74, 6) is 0. The van der Waals surface area contributed by atoms with Crippen molar-refractivity contribution in [2.75, 3.05) is 38.1 Å². The molecule has 1 aliphatic heterocycles. The van der Waals surface area contributed by atoms with E-state index in [1.807, 2.05) is 13.1 Å². The van der Waals surface area contributed by atoms with Gasteiger partial charge in [0.15, 0.2) is 0 Å². The topological polar surface area (TPSA) is 56.0 Å². The molecule has 1 aromatic carbocycles. The van der Waals surface area contributed by atoms with Gasteiger partial charge >= 0.3 is 0 Å². The fourth-order valence-corrected chi connectivity index (χ4v) is 4.11. The number of pyridine rings is 1. The molecule has 1 fully saturated rings. The third-order valence-electron chi connectivity index (χ3n) is 5.40. The number of aromatic nitrogens is 2. The van der Waals surface area contributed by atoms with Crippen molar-refractivity contribution in [3.8, 4) is 11.3 Å². The highest BCUT2D eigenvalue weighted by molar-refractivity contribution is 6.45. The Hall–Kier alpha value is -1.79. The molecule has 0 radical (unpaired) electrons. The van der Waals surface area contributed by atoms with Crippen LogP contribution in [0.1, 0.15) is 12.8 Å². The molecule has 1 saturated heterocycles. The Kier molecular flexibility index (Phi) is 6.07. The molecule has 4 rings (SSSR count). The number of aromatic amines is 1. The average Bonchev–Trinajstić information content (AvgIpc) is 3.17. The first-order valence-electron chi connectivity index (χ1n) is 9.72. The zero-order valence-corrected chi connectivity index (χ0v) is 17.4. The smallest absolute Gasteiger partial charge is 0.139 e. The van der Waals surface area contributed by atoms with Gasteiger partial charge in [-0.1, -0.05) is 35.3 Å². The zero-order valence-electron chi connectivity index (χ0n) is 15.9. The standard InChI is InChI=1S/C21H25Cl2N5/c1-24-8-9-25-15-6-10-28(11-7-15)16-4-2-14(3-5-16)19-12-17-20(23)18(22)13-26-21(17)27-19/h2-5,12-13,15,24-25H,6-11H2,1H3,(H,26,27). The number of benzene rings is 1. The second-order valence-electron chi connectivity index (χ2n) is 7.23. The number of H-pyrrole nitrogens is 1. The summed E-state index contributed by atoms with van der Waals surface area (Å²) in [4.78, 5) is 10.1. The molecule has 3 N–H and O–H groups in total. The normalized spacial score (nSPS) is 15.5. The van der Waals surface area contributed by atoms with E-state index in [2.05, 4.69) is 49.8 Å². The molecule has 0 bridgehead atoms. The van der Waals surface area contributed by atoms with Gasteiger partial charge in [0, 0.05) is 55.2 Å². The van der Waals surface area contributed by atoms with Crippen LogP contribution in [0.3, 0.4) is 0 Å². The minimum atomic E-state index is 0.471. The molecule has 3 aromatic rings. The number of rotatable bonds is 6. The molecule has 7 heteroatoms. The lowest BCUT2D eigenvalue weighted by Crippen LogP contribution is -2.44. The molecule has 0 unspecified atom stereocenters. The second-order valence-corrected chi connectivity index (χ2v) is 8.02. The molecule has 2 aromatic heterocycles. The Morgan fingerprint density at radius 2 is 1.89 bits per heavy atom. The minimum Gasteiger partial charge on any atom is -0.371 e. The van der Waals surface area contributed by atoms with Crippen LogP contribution >= 0.6 is 23.2 Å². The van der Waals surface area contributed by atoms with Crippen LogP contribution in [0.15, 0.2) is 36.5 Å². The van der Waals surface area contributed by atoms with E-state index in [1.54, 1.807) is 6.20 Å². The maximum absolute atomic E-state index is 6.30. The van der Waals surface area contributed by atoms with Gasteiger partial charge < -0.3 is 20.5 Å². The summed E-state index contributed by atoms with van der Waals surface area (Å²) in [6, 6.07) is 11.3. The van der Waals surface area contributed by atoms with Crippen LogP contribution in [0.5, 0.6) is 0 Å². The minimum absolute atomic E-state index is 0.471. The molecular formula is C21H25Cl2N5. The SMILES string of the molecule is CNCCNC1CCN(c2ccc(-c3cc4c(Cl)c(Cl)cnc4[nH]3)cc2)CC1. The highest BCUT2D eigenvalue weighted by Gasteiger charge is 2.19. The van der Waals surface area contributed by atoms with E-state index in [0.29, 0.717) is 16.1 Å². The van der Waals surface area contributed by atoms with E-state index in [9.17, 15) is 0 Å². The number of hydrogen-bond donors (Lipinski definition) is 3. The Morgan fingerprint density at radius 1 is 1.14 bits per heavy atom. The van der Waals surface area contributed by atoms with Crippen molar-refractivity contribution in [2.45, 2.75) is 18.9 Å². The molecule has 0 spiro atoms. The first-order valence-corrected chi connectivity index (χ1v) is 10.5. The maximum atomic E-state index is 6.30. The summed E-state index contributed by atoms with van der Waals surface area (Å²) < 4.78 is 0. The average molecular weight is 418 g/mol. The van der Waals surface area contributed by atoms with Gasteiger partial charge in [0.25, 0.3) is 0 Å². The number of halogens is 2. The molecule has 3 heterocycles. The fourth-order valence-electron chi connectivity index (χ4n) is 3.77. The molecule has 0 amide bonds. The van der Waals surface area contributed by atoms with E-state index in [0.717, 1.165) is 48.5 Å². The zero-order chi connectivity index (χ0) is 19.5. The van der Waals surface area contributed by atoms with Crippen molar-refractivity contribution in [2.24, 2.45) is 0 Å². The number of anilines is 1. The molecule has 5 nitrogen and oxygen atoms in total. The Balaban J connectivity index is 1.43. The third-order valence-corrected chi connectivity index (χ3v) is 6.19. The van der Waals surface area contributed by atoms with Gasteiger partial charge in [0.2, 0.25) is 0 Å². The van der Waals surface area contributed by atoms with Crippen molar-refractivity contribution in [1.29, 1.82) is 0 Å².